The largest absolute Gasteiger partial charge is 0.381 e. The van der Waals surface area contributed by atoms with E-state index in [9.17, 15) is 0 Å². The standard InChI is InChI=1S/C16H27N3O3/c1-4-19-13(3)15(12(2)18-19)10-17-9-14-11-21-16(22-14)5-7-20-8-6-16/h14,17H,4-11H2,1-3H3. The van der Waals surface area contributed by atoms with Crippen LogP contribution in [0.15, 0.2) is 0 Å². The Morgan fingerprint density at radius 2 is 2.09 bits per heavy atom. The van der Waals surface area contributed by atoms with Crippen molar-refractivity contribution in [2.45, 2.75) is 58.6 Å². The molecule has 3 heterocycles. The van der Waals surface area contributed by atoms with Crippen molar-refractivity contribution in [1.82, 2.24) is 15.1 Å². The lowest BCUT2D eigenvalue weighted by Crippen LogP contribution is -2.39. The molecule has 1 spiro atoms. The molecule has 6 heteroatoms. The number of hydrogen-bond donors (Lipinski definition) is 1. The summed E-state index contributed by atoms with van der Waals surface area (Å²) in [5.74, 6) is -0.385. The van der Waals surface area contributed by atoms with Crippen LogP contribution in [-0.2, 0) is 27.3 Å². The van der Waals surface area contributed by atoms with Crippen molar-refractivity contribution in [3.05, 3.63) is 17.0 Å². The molecule has 0 saturated carbocycles. The average Bonchev–Trinajstić information content (AvgIpc) is 3.03. The zero-order valence-electron chi connectivity index (χ0n) is 13.9. The summed E-state index contributed by atoms with van der Waals surface area (Å²) in [5, 5.41) is 8.05. The minimum atomic E-state index is -0.385. The van der Waals surface area contributed by atoms with E-state index in [0.29, 0.717) is 6.61 Å². The van der Waals surface area contributed by atoms with E-state index < -0.39 is 0 Å². The summed E-state index contributed by atoms with van der Waals surface area (Å²) >= 11 is 0. The van der Waals surface area contributed by atoms with E-state index in [1.165, 1.54) is 11.3 Å². The van der Waals surface area contributed by atoms with Gasteiger partial charge < -0.3 is 19.5 Å². The van der Waals surface area contributed by atoms with E-state index in [4.69, 9.17) is 14.2 Å². The molecular weight excluding hydrogens is 282 g/mol. The van der Waals surface area contributed by atoms with Crippen molar-refractivity contribution >= 4 is 0 Å². The zero-order chi connectivity index (χ0) is 15.6. The van der Waals surface area contributed by atoms with Gasteiger partial charge in [-0.25, -0.2) is 0 Å². The van der Waals surface area contributed by atoms with Gasteiger partial charge in [0.2, 0.25) is 0 Å². The van der Waals surface area contributed by atoms with Crippen LogP contribution in [0.4, 0.5) is 0 Å². The van der Waals surface area contributed by atoms with Gasteiger partial charge in [0.25, 0.3) is 0 Å². The van der Waals surface area contributed by atoms with Crippen LogP contribution in [0.2, 0.25) is 0 Å². The Balaban J connectivity index is 1.49. The first-order chi connectivity index (χ1) is 10.6. The molecule has 1 aromatic rings. The molecule has 22 heavy (non-hydrogen) atoms. The molecule has 124 valence electrons. The van der Waals surface area contributed by atoms with Gasteiger partial charge in [-0.3, -0.25) is 4.68 Å². The summed E-state index contributed by atoms with van der Waals surface area (Å²) in [7, 11) is 0. The van der Waals surface area contributed by atoms with E-state index in [-0.39, 0.29) is 11.9 Å². The third-order valence-electron chi connectivity index (χ3n) is 4.67. The van der Waals surface area contributed by atoms with Crippen molar-refractivity contribution in [1.29, 1.82) is 0 Å². The van der Waals surface area contributed by atoms with Gasteiger partial charge in [0.1, 0.15) is 0 Å². The molecule has 6 nitrogen and oxygen atoms in total. The lowest BCUT2D eigenvalue weighted by atomic mass is 10.1. The molecule has 2 aliphatic heterocycles. The molecule has 0 radical (unpaired) electrons. The van der Waals surface area contributed by atoms with Gasteiger partial charge in [0, 0.05) is 43.7 Å². The molecule has 0 aliphatic carbocycles. The molecule has 0 bridgehead atoms. The molecule has 0 aromatic carbocycles. The molecule has 2 aliphatic rings. The number of nitrogens with zero attached hydrogens (tertiary/aromatic N) is 2. The minimum Gasteiger partial charge on any atom is -0.381 e. The van der Waals surface area contributed by atoms with Crippen LogP contribution in [0.5, 0.6) is 0 Å². The fraction of sp³-hybridized carbons (Fsp3) is 0.812. The van der Waals surface area contributed by atoms with Gasteiger partial charge in [0.05, 0.1) is 31.6 Å². The molecule has 1 aromatic heterocycles. The van der Waals surface area contributed by atoms with Gasteiger partial charge in [-0.15, -0.1) is 0 Å². The first kappa shape index (κ1) is 15.9. The van der Waals surface area contributed by atoms with E-state index in [1.807, 2.05) is 0 Å². The Morgan fingerprint density at radius 3 is 2.77 bits per heavy atom. The summed E-state index contributed by atoms with van der Waals surface area (Å²) in [6, 6.07) is 0. The zero-order valence-corrected chi connectivity index (χ0v) is 13.9. The Bertz CT molecular complexity index is 509. The van der Waals surface area contributed by atoms with E-state index in [1.54, 1.807) is 0 Å². The molecule has 1 unspecified atom stereocenters. The van der Waals surface area contributed by atoms with Crippen molar-refractivity contribution in [3.63, 3.8) is 0 Å². The molecule has 1 N–H and O–H groups in total. The lowest BCUT2D eigenvalue weighted by Gasteiger charge is -2.31. The monoisotopic (exact) mass is 309 g/mol. The SMILES string of the molecule is CCn1nc(C)c(CNCC2COC3(CCOCC3)O2)c1C. The number of aromatic nitrogens is 2. The van der Waals surface area contributed by atoms with Crippen LogP contribution >= 0.6 is 0 Å². The number of hydrogen-bond acceptors (Lipinski definition) is 5. The number of nitrogens with one attached hydrogen (secondary N) is 1. The smallest absolute Gasteiger partial charge is 0.173 e. The Hall–Kier alpha value is -0.950. The highest BCUT2D eigenvalue weighted by Crippen LogP contribution is 2.33. The number of ether oxygens (including phenoxy) is 3. The molecule has 3 rings (SSSR count). The fourth-order valence-corrected chi connectivity index (χ4v) is 3.32. The predicted octanol–water partition coefficient (Wildman–Crippen LogP) is 1.53. The summed E-state index contributed by atoms with van der Waals surface area (Å²) in [4.78, 5) is 0. The highest BCUT2D eigenvalue weighted by atomic mass is 16.7. The Morgan fingerprint density at radius 1 is 1.32 bits per heavy atom. The van der Waals surface area contributed by atoms with Gasteiger partial charge in [-0.2, -0.15) is 5.10 Å². The van der Waals surface area contributed by atoms with E-state index >= 15 is 0 Å². The minimum absolute atomic E-state index is 0.125. The fourth-order valence-electron chi connectivity index (χ4n) is 3.32. The summed E-state index contributed by atoms with van der Waals surface area (Å²) in [6.45, 7) is 11.0. The highest BCUT2D eigenvalue weighted by Gasteiger charge is 2.42. The molecule has 1 atom stereocenters. The molecule has 0 amide bonds. The Kier molecular flexibility index (Phi) is 4.82. The first-order valence-corrected chi connectivity index (χ1v) is 8.26. The van der Waals surface area contributed by atoms with Crippen molar-refractivity contribution in [2.75, 3.05) is 26.4 Å². The molecule has 2 fully saturated rings. The van der Waals surface area contributed by atoms with Crippen molar-refractivity contribution in [2.24, 2.45) is 0 Å². The third kappa shape index (κ3) is 3.20. The van der Waals surface area contributed by atoms with Gasteiger partial charge in [-0.1, -0.05) is 0 Å². The van der Waals surface area contributed by atoms with Crippen LogP contribution in [0.3, 0.4) is 0 Å². The first-order valence-electron chi connectivity index (χ1n) is 8.26. The number of aryl methyl sites for hydroxylation is 2. The normalized spacial score (nSPS) is 24.2. The topological polar surface area (TPSA) is 57.5 Å². The van der Waals surface area contributed by atoms with Crippen LogP contribution in [0.25, 0.3) is 0 Å². The summed E-state index contributed by atoms with van der Waals surface area (Å²) < 4.78 is 19.5. The molecular formula is C16H27N3O3. The van der Waals surface area contributed by atoms with E-state index in [0.717, 1.165) is 51.4 Å². The average molecular weight is 309 g/mol. The van der Waals surface area contributed by atoms with Crippen LogP contribution in [0.1, 0.15) is 36.7 Å². The highest BCUT2D eigenvalue weighted by molar-refractivity contribution is 5.24. The van der Waals surface area contributed by atoms with Crippen LogP contribution in [-0.4, -0.2) is 48.0 Å². The lowest BCUT2D eigenvalue weighted by molar-refractivity contribution is -0.210. The number of rotatable bonds is 5. The second-order valence-electron chi connectivity index (χ2n) is 6.17. The summed E-state index contributed by atoms with van der Waals surface area (Å²) in [6.07, 6.45) is 1.80. The molecule has 2 saturated heterocycles. The van der Waals surface area contributed by atoms with Gasteiger partial charge in [-0.05, 0) is 20.8 Å². The summed E-state index contributed by atoms with van der Waals surface area (Å²) in [5.41, 5.74) is 3.65. The predicted molar refractivity (Wildman–Crippen MR) is 82.7 cm³/mol. The maximum absolute atomic E-state index is 6.13. The van der Waals surface area contributed by atoms with E-state index in [2.05, 4.69) is 35.9 Å². The van der Waals surface area contributed by atoms with Crippen LogP contribution in [0, 0.1) is 13.8 Å². The third-order valence-corrected chi connectivity index (χ3v) is 4.67. The maximum atomic E-state index is 6.13. The van der Waals surface area contributed by atoms with Crippen molar-refractivity contribution < 1.29 is 14.2 Å². The van der Waals surface area contributed by atoms with Crippen molar-refractivity contribution in [3.8, 4) is 0 Å². The maximum Gasteiger partial charge on any atom is 0.173 e. The second kappa shape index (κ2) is 6.66. The van der Waals surface area contributed by atoms with Gasteiger partial charge in [0.15, 0.2) is 5.79 Å². The van der Waals surface area contributed by atoms with Gasteiger partial charge >= 0.3 is 0 Å². The second-order valence-corrected chi connectivity index (χ2v) is 6.17. The Labute approximate surface area is 132 Å². The van der Waals surface area contributed by atoms with Crippen LogP contribution < -0.4 is 5.32 Å². The quantitative estimate of drug-likeness (QED) is 0.894.